The summed E-state index contributed by atoms with van der Waals surface area (Å²) in [7, 11) is 0. The highest BCUT2D eigenvalue weighted by molar-refractivity contribution is 6.05. The lowest BCUT2D eigenvalue weighted by atomic mass is 9.91. The van der Waals surface area contributed by atoms with E-state index in [1.165, 1.54) is 32.1 Å². The smallest absolute Gasteiger partial charge is 0.253 e. The van der Waals surface area contributed by atoms with E-state index in [-0.39, 0.29) is 12.5 Å². The first-order valence-electron chi connectivity index (χ1n) is 9.48. The maximum Gasteiger partial charge on any atom is 0.253 e. The Hall–Kier alpha value is -2.01. The average Bonchev–Trinajstić information content (AvgIpc) is 2.62. The summed E-state index contributed by atoms with van der Waals surface area (Å²) >= 11 is 0. The van der Waals surface area contributed by atoms with E-state index in [0.29, 0.717) is 16.9 Å². The summed E-state index contributed by atoms with van der Waals surface area (Å²) in [5, 5.41) is 12.8. The molecule has 1 saturated carbocycles. The van der Waals surface area contributed by atoms with Crippen LogP contribution < -0.4 is 5.32 Å². The minimum Gasteiger partial charge on any atom is -0.394 e. The summed E-state index contributed by atoms with van der Waals surface area (Å²) < 4.78 is 0. The second-order valence-electron chi connectivity index (χ2n) is 7.90. The zero-order valence-electron chi connectivity index (χ0n) is 16.4. The van der Waals surface area contributed by atoms with E-state index in [1.807, 2.05) is 6.07 Å². The Bertz CT molecular complexity index is 737. The molecule has 2 aromatic rings. The van der Waals surface area contributed by atoms with Gasteiger partial charge in [0, 0.05) is 11.6 Å². The average molecular weight is 357 g/mol. The van der Waals surface area contributed by atoms with Crippen molar-refractivity contribution in [3.63, 3.8) is 0 Å². The van der Waals surface area contributed by atoms with E-state index in [9.17, 15) is 9.90 Å². The van der Waals surface area contributed by atoms with Crippen LogP contribution in [-0.4, -0.2) is 33.1 Å². The molecule has 1 fully saturated rings. The molecular formula is C21H31N3O2. The second-order valence-corrected chi connectivity index (χ2v) is 7.90. The molecule has 0 bridgehead atoms. The molecule has 1 aromatic carbocycles. The minimum atomic E-state index is -0.665. The summed E-state index contributed by atoms with van der Waals surface area (Å²) in [6.45, 7) is 7.54. The lowest BCUT2D eigenvalue weighted by Crippen LogP contribution is -2.46. The molecule has 2 N–H and O–H groups in total. The molecule has 0 unspecified atom stereocenters. The van der Waals surface area contributed by atoms with Crippen molar-refractivity contribution in [2.24, 2.45) is 5.92 Å². The van der Waals surface area contributed by atoms with Crippen molar-refractivity contribution in [1.29, 1.82) is 0 Å². The normalized spacial score (nSPS) is 15.3. The first-order chi connectivity index (χ1) is 12.3. The van der Waals surface area contributed by atoms with Crippen LogP contribution in [0.15, 0.2) is 24.4 Å². The van der Waals surface area contributed by atoms with E-state index in [2.05, 4.69) is 22.2 Å². The number of benzene rings is 1. The largest absolute Gasteiger partial charge is 0.394 e. The molecular weight excluding hydrogens is 326 g/mol. The first kappa shape index (κ1) is 20.3. The molecule has 0 spiro atoms. The van der Waals surface area contributed by atoms with Gasteiger partial charge in [-0.25, -0.2) is 9.97 Å². The number of nitrogens with one attached hydrogen (secondary N) is 1. The summed E-state index contributed by atoms with van der Waals surface area (Å²) in [5.41, 5.74) is 0.451. The fourth-order valence-corrected chi connectivity index (χ4v) is 3.05. The number of aromatic nitrogens is 2. The van der Waals surface area contributed by atoms with Crippen LogP contribution in [0.1, 0.15) is 69.1 Å². The van der Waals surface area contributed by atoms with Crippen molar-refractivity contribution in [3.05, 3.63) is 35.8 Å². The minimum absolute atomic E-state index is 0.127. The number of aryl methyl sites for hydroxylation is 1. The third-order valence-corrected chi connectivity index (χ3v) is 4.72. The Morgan fingerprint density at radius 3 is 2.54 bits per heavy atom. The summed E-state index contributed by atoms with van der Waals surface area (Å²) in [6, 6.07) is 5.38. The standard InChI is InChI=1S/C14H17N3O2.C7H14/c1-9-15-7-10-5-4-6-11(12(10)16-9)13(19)17-14(2,3)8-18;1-7-5-3-2-4-6-7/h4-7,18H,8H2,1-3H3,(H,17,19);7H,2-6H2,1H3. The lowest BCUT2D eigenvalue weighted by Gasteiger charge is -2.23. The molecule has 0 radical (unpaired) electrons. The number of aliphatic hydroxyl groups excluding tert-OH is 1. The van der Waals surface area contributed by atoms with Crippen molar-refractivity contribution in [2.75, 3.05) is 6.61 Å². The topological polar surface area (TPSA) is 75.1 Å². The van der Waals surface area contributed by atoms with Gasteiger partial charge in [0.1, 0.15) is 5.82 Å². The Morgan fingerprint density at radius 1 is 1.27 bits per heavy atom. The summed E-state index contributed by atoms with van der Waals surface area (Å²) in [5.74, 6) is 1.41. The molecule has 26 heavy (non-hydrogen) atoms. The molecule has 3 rings (SSSR count). The van der Waals surface area contributed by atoms with E-state index < -0.39 is 5.54 Å². The van der Waals surface area contributed by atoms with E-state index >= 15 is 0 Å². The number of rotatable bonds is 3. The van der Waals surface area contributed by atoms with Gasteiger partial charge in [0.2, 0.25) is 0 Å². The predicted molar refractivity (Wildman–Crippen MR) is 105 cm³/mol. The summed E-state index contributed by atoms with van der Waals surface area (Å²) in [4.78, 5) is 20.7. The van der Waals surface area contributed by atoms with Crippen LogP contribution >= 0.6 is 0 Å². The van der Waals surface area contributed by atoms with Crippen molar-refractivity contribution in [3.8, 4) is 0 Å². The molecule has 5 heteroatoms. The number of fused-ring (bicyclic) bond motifs is 1. The number of carbonyl (C=O) groups is 1. The predicted octanol–water partition coefficient (Wildman–Crippen LogP) is 4.03. The van der Waals surface area contributed by atoms with E-state index in [0.717, 1.165) is 11.3 Å². The zero-order chi connectivity index (χ0) is 19.2. The fraction of sp³-hybridized carbons (Fsp3) is 0.571. The third kappa shape index (κ3) is 5.77. The highest BCUT2D eigenvalue weighted by Crippen LogP contribution is 2.22. The van der Waals surface area contributed by atoms with Gasteiger partial charge in [-0.1, -0.05) is 51.2 Å². The molecule has 0 saturated heterocycles. The van der Waals surface area contributed by atoms with Crippen LogP contribution in [0.4, 0.5) is 0 Å². The molecule has 0 atom stereocenters. The van der Waals surface area contributed by atoms with Crippen LogP contribution in [0, 0.1) is 12.8 Å². The van der Waals surface area contributed by atoms with Crippen LogP contribution in [0.3, 0.4) is 0 Å². The number of hydrogen-bond donors (Lipinski definition) is 2. The Kier molecular flexibility index (Phi) is 7.09. The molecule has 0 aliphatic heterocycles. The Labute approximate surface area is 156 Å². The van der Waals surface area contributed by atoms with Crippen LogP contribution in [-0.2, 0) is 0 Å². The quantitative estimate of drug-likeness (QED) is 0.870. The third-order valence-electron chi connectivity index (χ3n) is 4.72. The van der Waals surface area contributed by atoms with Crippen LogP contribution in [0.2, 0.25) is 0 Å². The van der Waals surface area contributed by atoms with Gasteiger partial charge in [-0.05, 0) is 32.8 Å². The molecule has 1 amide bonds. The number of para-hydroxylation sites is 1. The number of amides is 1. The van der Waals surface area contributed by atoms with Gasteiger partial charge in [-0.15, -0.1) is 0 Å². The molecule has 5 nitrogen and oxygen atoms in total. The summed E-state index contributed by atoms with van der Waals surface area (Å²) in [6.07, 6.45) is 9.14. The molecule has 1 heterocycles. The highest BCUT2D eigenvalue weighted by Gasteiger charge is 2.21. The first-order valence-corrected chi connectivity index (χ1v) is 9.48. The van der Waals surface area contributed by atoms with Crippen LogP contribution in [0.5, 0.6) is 0 Å². The molecule has 142 valence electrons. The van der Waals surface area contributed by atoms with Gasteiger partial charge in [-0.3, -0.25) is 4.79 Å². The van der Waals surface area contributed by atoms with Crippen molar-refractivity contribution >= 4 is 16.8 Å². The molecule has 1 aliphatic carbocycles. The SMILES string of the molecule is CC1CCCCC1.Cc1ncc2cccc(C(=O)NC(C)(C)CO)c2n1. The van der Waals surface area contributed by atoms with Gasteiger partial charge in [0.15, 0.2) is 0 Å². The number of nitrogens with zero attached hydrogens (tertiary/aromatic N) is 2. The maximum absolute atomic E-state index is 12.3. The van der Waals surface area contributed by atoms with Gasteiger partial charge in [-0.2, -0.15) is 0 Å². The monoisotopic (exact) mass is 357 g/mol. The number of hydrogen-bond acceptors (Lipinski definition) is 4. The van der Waals surface area contributed by atoms with Gasteiger partial charge < -0.3 is 10.4 Å². The van der Waals surface area contributed by atoms with Crippen molar-refractivity contribution in [2.45, 2.75) is 65.3 Å². The van der Waals surface area contributed by atoms with Crippen LogP contribution in [0.25, 0.3) is 10.9 Å². The second kappa shape index (κ2) is 9.08. The lowest BCUT2D eigenvalue weighted by molar-refractivity contribution is 0.0871. The van der Waals surface area contributed by atoms with Gasteiger partial charge in [0.25, 0.3) is 5.91 Å². The number of carbonyl (C=O) groups excluding carboxylic acids is 1. The molecule has 1 aliphatic rings. The molecule has 1 aromatic heterocycles. The Morgan fingerprint density at radius 2 is 1.96 bits per heavy atom. The van der Waals surface area contributed by atoms with Gasteiger partial charge >= 0.3 is 0 Å². The fourth-order valence-electron chi connectivity index (χ4n) is 3.05. The van der Waals surface area contributed by atoms with E-state index in [4.69, 9.17) is 0 Å². The van der Waals surface area contributed by atoms with E-state index in [1.54, 1.807) is 39.1 Å². The maximum atomic E-state index is 12.3. The van der Waals surface area contributed by atoms with Crippen molar-refractivity contribution < 1.29 is 9.90 Å². The highest BCUT2D eigenvalue weighted by atomic mass is 16.3. The zero-order valence-corrected chi connectivity index (χ0v) is 16.4. The Balaban J connectivity index is 0.000000290. The van der Waals surface area contributed by atoms with Gasteiger partial charge in [0.05, 0.1) is 23.2 Å². The van der Waals surface area contributed by atoms with Crippen molar-refractivity contribution in [1.82, 2.24) is 15.3 Å². The number of aliphatic hydroxyl groups is 1.